The Morgan fingerprint density at radius 1 is 1.00 bits per heavy atom. The summed E-state index contributed by atoms with van der Waals surface area (Å²) < 4.78 is 7.52. The average Bonchev–Trinajstić information content (AvgIpc) is 2.84. The van der Waals surface area contributed by atoms with Gasteiger partial charge in [0.15, 0.2) is 17.7 Å². The lowest BCUT2D eigenvalue weighted by atomic mass is 9.82. The van der Waals surface area contributed by atoms with Gasteiger partial charge in [0.05, 0.1) is 12.6 Å². The third kappa shape index (κ3) is 3.39. The summed E-state index contributed by atoms with van der Waals surface area (Å²) in [6.45, 7) is 0.846. The van der Waals surface area contributed by atoms with Gasteiger partial charge in [-0.3, -0.25) is 9.59 Å². The molecule has 0 radical (unpaired) electrons. The van der Waals surface area contributed by atoms with Gasteiger partial charge in [-0.1, -0.05) is 60.7 Å². The zero-order valence-electron chi connectivity index (χ0n) is 17.6. The van der Waals surface area contributed by atoms with E-state index in [-0.39, 0.29) is 11.6 Å². The topological polar surface area (TPSA) is 109 Å². The molecule has 5 rings (SSSR count). The Balaban J connectivity index is 1.82. The van der Waals surface area contributed by atoms with E-state index in [1.807, 2.05) is 60.7 Å². The lowest BCUT2D eigenvalue weighted by Gasteiger charge is -2.48. The molecule has 8 heteroatoms. The number of ether oxygens (including phenoxy) is 1. The van der Waals surface area contributed by atoms with Crippen LogP contribution in [0.25, 0.3) is 0 Å². The van der Waals surface area contributed by atoms with Crippen molar-refractivity contribution < 1.29 is 24.5 Å². The first-order valence-electron chi connectivity index (χ1n) is 10.7. The quantitative estimate of drug-likeness (QED) is 0.638. The Morgan fingerprint density at radius 2 is 1.61 bits per heavy atom. The summed E-state index contributed by atoms with van der Waals surface area (Å²) in [6, 6.07) is 18.7. The lowest BCUT2D eigenvalue weighted by Crippen LogP contribution is -2.57. The van der Waals surface area contributed by atoms with E-state index in [2.05, 4.69) is 0 Å². The van der Waals surface area contributed by atoms with Crippen LogP contribution in [0.5, 0.6) is 5.75 Å². The number of aromatic carboxylic acids is 1. The highest BCUT2D eigenvalue weighted by atomic mass is 16.5. The van der Waals surface area contributed by atoms with Crippen LogP contribution in [-0.2, 0) is 4.74 Å². The van der Waals surface area contributed by atoms with Gasteiger partial charge >= 0.3 is 5.97 Å². The van der Waals surface area contributed by atoms with Gasteiger partial charge in [0.2, 0.25) is 5.43 Å². The maximum atomic E-state index is 13.3. The fourth-order valence-electron chi connectivity index (χ4n) is 4.88. The molecule has 168 valence electrons. The van der Waals surface area contributed by atoms with Crippen LogP contribution in [0.15, 0.2) is 71.7 Å². The van der Waals surface area contributed by atoms with Gasteiger partial charge in [-0.25, -0.2) is 4.79 Å². The second kappa shape index (κ2) is 8.22. The number of benzene rings is 2. The highest BCUT2D eigenvalue weighted by Crippen LogP contribution is 2.44. The van der Waals surface area contributed by atoms with Crippen LogP contribution in [0.2, 0.25) is 0 Å². The van der Waals surface area contributed by atoms with Gasteiger partial charge in [-0.05, 0) is 17.5 Å². The molecule has 2 atom stereocenters. The van der Waals surface area contributed by atoms with Crippen LogP contribution in [0.4, 0.5) is 0 Å². The summed E-state index contributed by atoms with van der Waals surface area (Å²) in [5.41, 5.74) is -0.0311. The third-order valence-electron chi connectivity index (χ3n) is 6.32. The second-order valence-electron chi connectivity index (χ2n) is 8.18. The number of carboxylic acids is 1. The van der Waals surface area contributed by atoms with Gasteiger partial charge in [0.25, 0.3) is 5.91 Å². The number of fused-ring (bicyclic) bond motifs is 2. The Kier molecular flexibility index (Phi) is 5.22. The SMILES string of the molecule is O=C(O)c1cn2c(c(O)c1=O)C(=O)N1CCCO[C@@H]1[C@@H]2C(c1ccccc1)c1ccccc1. The molecule has 1 aromatic heterocycles. The Bertz CT molecular complexity index is 1230. The predicted molar refractivity (Wildman–Crippen MR) is 118 cm³/mol. The van der Waals surface area contributed by atoms with E-state index in [9.17, 15) is 24.6 Å². The van der Waals surface area contributed by atoms with E-state index in [1.54, 1.807) is 0 Å². The molecule has 0 aliphatic carbocycles. The minimum atomic E-state index is -1.47. The van der Waals surface area contributed by atoms with Crippen molar-refractivity contribution in [3.8, 4) is 5.75 Å². The van der Waals surface area contributed by atoms with E-state index in [1.165, 1.54) is 9.47 Å². The molecule has 2 aromatic carbocycles. The Morgan fingerprint density at radius 3 is 2.18 bits per heavy atom. The minimum absolute atomic E-state index is 0.214. The predicted octanol–water partition coefficient (Wildman–Crippen LogP) is 2.83. The van der Waals surface area contributed by atoms with E-state index in [0.29, 0.717) is 19.6 Å². The molecular weight excluding hydrogens is 424 g/mol. The Hall–Kier alpha value is -3.91. The van der Waals surface area contributed by atoms with Crippen LogP contribution >= 0.6 is 0 Å². The normalized spacial score (nSPS) is 19.8. The first-order valence-corrected chi connectivity index (χ1v) is 10.7. The lowest BCUT2D eigenvalue weighted by molar-refractivity contribution is -0.114. The fraction of sp³-hybridized carbons (Fsp3) is 0.240. The first kappa shape index (κ1) is 21.0. The van der Waals surface area contributed by atoms with Crippen molar-refractivity contribution in [2.45, 2.75) is 24.6 Å². The number of carbonyl (C=O) groups is 2. The van der Waals surface area contributed by atoms with Gasteiger partial charge in [0, 0.05) is 18.7 Å². The highest BCUT2D eigenvalue weighted by Gasteiger charge is 2.47. The third-order valence-corrected chi connectivity index (χ3v) is 6.32. The van der Waals surface area contributed by atoms with Crippen molar-refractivity contribution in [2.24, 2.45) is 0 Å². The van der Waals surface area contributed by atoms with E-state index >= 15 is 0 Å². The molecule has 1 saturated heterocycles. The molecule has 0 bridgehead atoms. The van der Waals surface area contributed by atoms with Crippen molar-refractivity contribution in [1.29, 1.82) is 0 Å². The number of hydrogen-bond acceptors (Lipinski definition) is 5. The summed E-state index contributed by atoms with van der Waals surface area (Å²) in [5.74, 6) is -3.23. The maximum Gasteiger partial charge on any atom is 0.341 e. The molecular formula is C25H22N2O6. The van der Waals surface area contributed by atoms with Gasteiger partial charge in [-0.15, -0.1) is 0 Å². The molecule has 33 heavy (non-hydrogen) atoms. The van der Waals surface area contributed by atoms with E-state index < -0.39 is 40.9 Å². The maximum absolute atomic E-state index is 13.3. The summed E-state index contributed by atoms with van der Waals surface area (Å²) in [6.07, 6.45) is 1.08. The molecule has 3 heterocycles. The number of rotatable bonds is 4. The van der Waals surface area contributed by atoms with E-state index in [0.717, 1.165) is 17.3 Å². The summed E-state index contributed by atoms with van der Waals surface area (Å²) in [4.78, 5) is 39.2. The van der Waals surface area contributed by atoms with Crippen LogP contribution < -0.4 is 5.43 Å². The van der Waals surface area contributed by atoms with Crippen molar-refractivity contribution in [3.63, 3.8) is 0 Å². The van der Waals surface area contributed by atoms with Crippen LogP contribution in [0, 0.1) is 0 Å². The number of carbonyl (C=O) groups excluding carboxylic acids is 1. The number of pyridine rings is 1. The monoisotopic (exact) mass is 446 g/mol. The van der Waals surface area contributed by atoms with Crippen molar-refractivity contribution in [3.05, 3.63) is 99.5 Å². The first-order chi connectivity index (χ1) is 16.0. The zero-order valence-corrected chi connectivity index (χ0v) is 17.6. The fourth-order valence-corrected chi connectivity index (χ4v) is 4.88. The molecule has 3 aromatic rings. The number of hydrogen-bond donors (Lipinski definition) is 2. The van der Waals surface area contributed by atoms with Crippen molar-refractivity contribution >= 4 is 11.9 Å². The standard InChI is InChI=1S/C25H22N2O6/c28-21-17(25(31)32)14-27-19(24-26(12-7-13-33-24)23(30)20(27)22(21)29)18(15-8-3-1-4-9-15)16-10-5-2-6-11-16/h1-6,8-11,14,18-19,24,29H,7,12-13H2,(H,31,32)/t19-,24+/m0/s1. The second-order valence-corrected chi connectivity index (χ2v) is 8.18. The molecule has 2 aliphatic heterocycles. The van der Waals surface area contributed by atoms with Crippen LogP contribution in [-0.4, -0.2) is 50.9 Å². The number of aromatic hydroxyl groups is 1. The molecule has 0 unspecified atom stereocenters. The van der Waals surface area contributed by atoms with Gasteiger partial charge < -0.3 is 24.4 Å². The number of aromatic nitrogens is 1. The van der Waals surface area contributed by atoms with Crippen LogP contribution in [0.1, 0.15) is 50.4 Å². The van der Waals surface area contributed by atoms with Gasteiger partial charge in [-0.2, -0.15) is 0 Å². The average molecular weight is 446 g/mol. The summed E-state index contributed by atoms with van der Waals surface area (Å²) >= 11 is 0. The number of carboxylic acid groups (broad SMARTS) is 1. The molecule has 1 fully saturated rings. The molecule has 0 spiro atoms. The smallest absolute Gasteiger partial charge is 0.341 e. The Labute approximate surface area is 189 Å². The van der Waals surface area contributed by atoms with E-state index in [4.69, 9.17) is 4.74 Å². The number of nitrogens with zero attached hydrogens (tertiary/aromatic N) is 2. The minimum Gasteiger partial charge on any atom is -0.503 e. The van der Waals surface area contributed by atoms with Crippen molar-refractivity contribution in [2.75, 3.05) is 13.2 Å². The molecule has 2 N–H and O–H groups in total. The largest absolute Gasteiger partial charge is 0.503 e. The van der Waals surface area contributed by atoms with Crippen molar-refractivity contribution in [1.82, 2.24) is 9.47 Å². The van der Waals surface area contributed by atoms with Gasteiger partial charge in [0.1, 0.15) is 5.56 Å². The van der Waals surface area contributed by atoms with Crippen LogP contribution in [0.3, 0.4) is 0 Å². The molecule has 1 amide bonds. The zero-order chi connectivity index (χ0) is 23.1. The summed E-state index contributed by atoms with van der Waals surface area (Å²) in [7, 11) is 0. The molecule has 2 aliphatic rings. The highest BCUT2D eigenvalue weighted by molar-refractivity contribution is 5.98. The summed E-state index contributed by atoms with van der Waals surface area (Å²) in [5, 5.41) is 20.3. The molecule has 8 nitrogen and oxygen atoms in total. The molecule has 0 saturated carbocycles. The number of amides is 1.